The predicted octanol–water partition coefficient (Wildman–Crippen LogP) is 3.10. The second kappa shape index (κ2) is 5.59. The van der Waals surface area contributed by atoms with Crippen LogP contribution in [-0.4, -0.2) is 28.6 Å². The van der Waals surface area contributed by atoms with E-state index in [2.05, 4.69) is 23.7 Å². The molecule has 0 amide bonds. The summed E-state index contributed by atoms with van der Waals surface area (Å²) in [5, 5.41) is 9.32. The van der Waals surface area contributed by atoms with E-state index in [1.165, 1.54) is 0 Å². The van der Waals surface area contributed by atoms with Crippen LogP contribution in [0.2, 0.25) is 0 Å². The molecule has 1 fully saturated rings. The first-order valence-corrected chi connectivity index (χ1v) is 6.96. The lowest BCUT2D eigenvalue weighted by Gasteiger charge is -2.26. The summed E-state index contributed by atoms with van der Waals surface area (Å²) in [6.45, 7) is 7.17. The first kappa shape index (κ1) is 13.8. The van der Waals surface area contributed by atoms with Crippen LogP contribution >= 0.6 is 0 Å². The molecular weight excluding hydrogens is 240 g/mol. The van der Waals surface area contributed by atoms with E-state index in [1.807, 2.05) is 6.92 Å². The van der Waals surface area contributed by atoms with Crippen molar-refractivity contribution >= 4 is 11.8 Å². The van der Waals surface area contributed by atoms with Crippen LogP contribution in [0.5, 0.6) is 0 Å². The number of anilines is 1. The zero-order chi connectivity index (χ0) is 14.0. The minimum atomic E-state index is -0.891. The number of aromatic carboxylic acids is 1. The number of pyridine rings is 1. The number of carboxylic acid groups (broad SMARTS) is 1. The van der Waals surface area contributed by atoms with Crippen molar-refractivity contribution < 1.29 is 9.90 Å². The molecule has 1 aromatic heterocycles. The molecule has 1 N–H and O–H groups in total. The maximum atomic E-state index is 11.4. The van der Waals surface area contributed by atoms with Crippen LogP contribution < -0.4 is 4.90 Å². The third-order valence-corrected chi connectivity index (χ3v) is 3.45. The Bertz CT molecular complexity index is 467. The zero-order valence-corrected chi connectivity index (χ0v) is 11.9. The fourth-order valence-electron chi connectivity index (χ4n) is 2.17. The van der Waals surface area contributed by atoms with Gasteiger partial charge in [0.05, 0.1) is 0 Å². The van der Waals surface area contributed by atoms with Gasteiger partial charge in [-0.05, 0) is 44.2 Å². The number of aryl methyl sites for hydroxylation is 1. The number of rotatable bonds is 6. The molecule has 0 radical (unpaired) electrons. The van der Waals surface area contributed by atoms with E-state index in [-0.39, 0.29) is 0 Å². The van der Waals surface area contributed by atoms with Gasteiger partial charge in [-0.3, -0.25) is 0 Å². The van der Waals surface area contributed by atoms with Gasteiger partial charge in [0, 0.05) is 18.3 Å². The summed E-state index contributed by atoms with van der Waals surface area (Å²) in [7, 11) is 0. The summed E-state index contributed by atoms with van der Waals surface area (Å²) >= 11 is 0. The molecule has 0 saturated heterocycles. The van der Waals surface area contributed by atoms with E-state index in [4.69, 9.17) is 0 Å². The van der Waals surface area contributed by atoms with E-state index in [0.29, 0.717) is 23.3 Å². The number of hydrogen-bond donors (Lipinski definition) is 1. The summed E-state index contributed by atoms with van der Waals surface area (Å²) < 4.78 is 0. The average Bonchev–Trinajstić information content (AvgIpc) is 3.13. The Hall–Kier alpha value is -1.58. The van der Waals surface area contributed by atoms with Gasteiger partial charge in [-0.25, -0.2) is 9.78 Å². The van der Waals surface area contributed by atoms with E-state index in [9.17, 15) is 9.90 Å². The average molecular weight is 262 g/mol. The largest absolute Gasteiger partial charge is 0.478 e. The smallest absolute Gasteiger partial charge is 0.339 e. The molecule has 2 rings (SSSR count). The van der Waals surface area contributed by atoms with Gasteiger partial charge < -0.3 is 10.0 Å². The number of carboxylic acids is 1. The SMILES string of the molecule is Cc1ccc(C(=O)O)c(N(CCC(C)C)C2CC2)n1. The third-order valence-electron chi connectivity index (χ3n) is 3.45. The van der Waals surface area contributed by atoms with E-state index in [1.54, 1.807) is 12.1 Å². The Morgan fingerprint density at radius 1 is 1.47 bits per heavy atom. The topological polar surface area (TPSA) is 53.4 Å². The lowest BCUT2D eigenvalue weighted by molar-refractivity contribution is 0.0697. The van der Waals surface area contributed by atoms with E-state index >= 15 is 0 Å². The number of aromatic nitrogens is 1. The van der Waals surface area contributed by atoms with Gasteiger partial charge in [0.2, 0.25) is 0 Å². The van der Waals surface area contributed by atoms with Crippen LogP contribution in [0, 0.1) is 12.8 Å². The summed E-state index contributed by atoms with van der Waals surface area (Å²) in [5.41, 5.74) is 1.19. The van der Waals surface area contributed by atoms with Gasteiger partial charge >= 0.3 is 5.97 Å². The van der Waals surface area contributed by atoms with Crippen molar-refractivity contribution in [3.05, 3.63) is 23.4 Å². The zero-order valence-electron chi connectivity index (χ0n) is 11.9. The fraction of sp³-hybridized carbons (Fsp3) is 0.600. The molecule has 4 heteroatoms. The molecule has 0 aromatic carbocycles. The Labute approximate surface area is 114 Å². The monoisotopic (exact) mass is 262 g/mol. The predicted molar refractivity (Wildman–Crippen MR) is 75.8 cm³/mol. The van der Waals surface area contributed by atoms with Gasteiger partial charge in [-0.2, -0.15) is 0 Å². The molecular formula is C15H22N2O2. The van der Waals surface area contributed by atoms with Gasteiger partial charge in [0.1, 0.15) is 11.4 Å². The van der Waals surface area contributed by atoms with Gasteiger partial charge in [-0.1, -0.05) is 13.8 Å². The Morgan fingerprint density at radius 3 is 2.68 bits per heavy atom. The normalized spacial score (nSPS) is 14.7. The van der Waals surface area contributed by atoms with Crippen molar-refractivity contribution in [1.29, 1.82) is 0 Å². The molecule has 1 aromatic rings. The highest BCUT2D eigenvalue weighted by Crippen LogP contribution is 2.33. The lowest BCUT2D eigenvalue weighted by atomic mass is 10.1. The van der Waals surface area contributed by atoms with Crippen LogP contribution in [0.4, 0.5) is 5.82 Å². The van der Waals surface area contributed by atoms with Gasteiger partial charge in [0.25, 0.3) is 0 Å². The lowest BCUT2D eigenvalue weighted by Crippen LogP contribution is -2.30. The molecule has 0 bridgehead atoms. The molecule has 1 aliphatic rings. The fourth-order valence-corrected chi connectivity index (χ4v) is 2.17. The van der Waals surface area contributed by atoms with Crippen molar-refractivity contribution in [2.24, 2.45) is 5.92 Å². The molecule has 104 valence electrons. The van der Waals surface area contributed by atoms with Crippen molar-refractivity contribution in [3.8, 4) is 0 Å². The number of hydrogen-bond acceptors (Lipinski definition) is 3. The van der Waals surface area contributed by atoms with Crippen LogP contribution in [0.1, 0.15) is 49.2 Å². The Balaban J connectivity index is 2.29. The highest BCUT2D eigenvalue weighted by Gasteiger charge is 2.32. The molecule has 0 aliphatic heterocycles. The van der Waals surface area contributed by atoms with E-state index in [0.717, 1.165) is 31.5 Å². The summed E-state index contributed by atoms with van der Waals surface area (Å²) in [4.78, 5) is 18.0. The van der Waals surface area contributed by atoms with Crippen LogP contribution in [0.3, 0.4) is 0 Å². The van der Waals surface area contributed by atoms with E-state index < -0.39 is 5.97 Å². The van der Waals surface area contributed by atoms with Gasteiger partial charge in [0.15, 0.2) is 0 Å². The summed E-state index contributed by atoms with van der Waals surface area (Å²) in [6, 6.07) is 3.91. The first-order chi connectivity index (χ1) is 8.99. The molecule has 1 aliphatic carbocycles. The van der Waals surface area contributed by atoms with Crippen molar-refractivity contribution in [3.63, 3.8) is 0 Å². The first-order valence-electron chi connectivity index (χ1n) is 6.96. The second-order valence-corrected chi connectivity index (χ2v) is 5.74. The highest BCUT2D eigenvalue weighted by molar-refractivity contribution is 5.93. The van der Waals surface area contributed by atoms with Crippen molar-refractivity contribution in [2.75, 3.05) is 11.4 Å². The maximum absolute atomic E-state index is 11.4. The standard InChI is InChI=1S/C15H22N2O2/c1-10(2)8-9-17(12-5-6-12)14-13(15(18)19)7-4-11(3)16-14/h4,7,10,12H,5-6,8-9H2,1-3H3,(H,18,19). The quantitative estimate of drug-likeness (QED) is 0.856. The van der Waals surface area contributed by atoms with Crippen molar-refractivity contribution in [2.45, 2.75) is 46.1 Å². The second-order valence-electron chi connectivity index (χ2n) is 5.74. The molecule has 19 heavy (non-hydrogen) atoms. The van der Waals surface area contributed by atoms with Crippen molar-refractivity contribution in [1.82, 2.24) is 4.98 Å². The number of nitrogens with zero attached hydrogens (tertiary/aromatic N) is 2. The van der Waals surface area contributed by atoms with Gasteiger partial charge in [-0.15, -0.1) is 0 Å². The molecule has 1 heterocycles. The minimum absolute atomic E-state index is 0.321. The van der Waals surface area contributed by atoms with Crippen LogP contribution in [0.15, 0.2) is 12.1 Å². The van der Waals surface area contributed by atoms with Crippen LogP contribution in [-0.2, 0) is 0 Å². The molecule has 0 unspecified atom stereocenters. The van der Waals surface area contributed by atoms with Crippen LogP contribution in [0.25, 0.3) is 0 Å². The molecule has 0 atom stereocenters. The summed E-state index contributed by atoms with van der Waals surface area (Å²) in [5.74, 6) is 0.368. The highest BCUT2D eigenvalue weighted by atomic mass is 16.4. The molecule has 1 saturated carbocycles. The molecule has 4 nitrogen and oxygen atoms in total. The third kappa shape index (κ3) is 3.46. The minimum Gasteiger partial charge on any atom is -0.478 e. The number of carbonyl (C=O) groups is 1. The maximum Gasteiger partial charge on any atom is 0.339 e. The summed E-state index contributed by atoms with van der Waals surface area (Å²) in [6.07, 6.45) is 3.35. The Morgan fingerprint density at radius 2 is 2.16 bits per heavy atom. The molecule has 0 spiro atoms. The Kier molecular flexibility index (Phi) is 4.08.